The topological polar surface area (TPSA) is 26.5 Å². The van der Waals surface area contributed by atoms with Crippen LogP contribution in [0.2, 0.25) is 0 Å². The molecule has 0 unspecified atom stereocenters. The molecule has 0 atom stereocenters. The Bertz CT molecular complexity index is 1420. The molecule has 0 radical (unpaired) electrons. The second-order valence-electron chi connectivity index (χ2n) is 6.46. The molecule has 3 aromatic carbocycles. The Morgan fingerprint density at radius 2 is 1.72 bits per heavy atom. The van der Waals surface area contributed by atoms with Crippen molar-refractivity contribution in [1.82, 2.24) is 9.38 Å². The van der Waals surface area contributed by atoms with Crippen LogP contribution in [0.3, 0.4) is 0 Å². The van der Waals surface area contributed by atoms with E-state index in [1.807, 2.05) is 12.3 Å². The van der Waals surface area contributed by atoms with Crippen LogP contribution in [-0.4, -0.2) is 16.5 Å². The van der Waals surface area contributed by atoms with E-state index in [4.69, 9.17) is 9.72 Å². The summed E-state index contributed by atoms with van der Waals surface area (Å²) in [4.78, 5) is 4.73. The number of aromatic nitrogens is 2. The van der Waals surface area contributed by atoms with Gasteiger partial charge >= 0.3 is 0 Å². The van der Waals surface area contributed by atoms with Crippen LogP contribution in [0.1, 0.15) is 0 Å². The molecule has 0 saturated heterocycles. The van der Waals surface area contributed by atoms with Crippen molar-refractivity contribution in [3.63, 3.8) is 0 Å². The van der Waals surface area contributed by atoms with E-state index in [-0.39, 0.29) is 0 Å². The first-order valence-corrected chi connectivity index (χ1v) is 8.36. The van der Waals surface area contributed by atoms with Gasteiger partial charge in [0.25, 0.3) is 0 Å². The van der Waals surface area contributed by atoms with Crippen molar-refractivity contribution in [1.29, 1.82) is 0 Å². The fourth-order valence-electron chi connectivity index (χ4n) is 4.22. The smallest absolute Gasteiger partial charge is 0.119 e. The van der Waals surface area contributed by atoms with Gasteiger partial charge in [-0.05, 0) is 35.7 Å². The average Bonchev–Trinajstić information content (AvgIpc) is 3.00. The van der Waals surface area contributed by atoms with Crippen LogP contribution in [0.15, 0.2) is 66.9 Å². The van der Waals surface area contributed by atoms with E-state index in [2.05, 4.69) is 59.0 Å². The number of rotatable bonds is 1. The van der Waals surface area contributed by atoms with Gasteiger partial charge < -0.3 is 9.14 Å². The molecule has 0 aliphatic rings. The standard InChI is InChI=1S/C22H14N2O/c1-25-14-8-9-18-17(12-14)15-5-3-6-16-21-20-13(10-11-23-21)4-2-7-19(20)24(18)22(15)16/h2-12H,1H3. The Labute approximate surface area is 143 Å². The SMILES string of the molecule is COc1ccc2c(c1)c1cccc3c4nccc5cccc(c54)n2c13. The minimum Gasteiger partial charge on any atom is -0.497 e. The van der Waals surface area contributed by atoms with Gasteiger partial charge in [-0.3, -0.25) is 4.98 Å². The molecule has 0 spiro atoms. The molecular formula is C22H14N2O. The number of methoxy groups -OCH3 is 1. The third-order valence-corrected chi connectivity index (χ3v) is 5.26. The number of ether oxygens (including phenoxy) is 1. The van der Waals surface area contributed by atoms with E-state index in [1.54, 1.807) is 7.11 Å². The second kappa shape index (κ2) is 4.39. The van der Waals surface area contributed by atoms with Crippen molar-refractivity contribution in [2.75, 3.05) is 7.11 Å². The molecule has 0 aliphatic heterocycles. The summed E-state index contributed by atoms with van der Waals surface area (Å²) in [6.07, 6.45) is 1.90. The Morgan fingerprint density at radius 1 is 0.840 bits per heavy atom. The number of fused-ring (bicyclic) bond motifs is 5. The maximum Gasteiger partial charge on any atom is 0.119 e. The first-order chi connectivity index (χ1) is 12.4. The largest absolute Gasteiger partial charge is 0.497 e. The third-order valence-electron chi connectivity index (χ3n) is 5.26. The molecule has 0 N–H and O–H groups in total. The second-order valence-corrected chi connectivity index (χ2v) is 6.46. The lowest BCUT2D eigenvalue weighted by atomic mass is 10.0. The molecule has 0 bridgehead atoms. The van der Waals surface area contributed by atoms with E-state index >= 15 is 0 Å². The van der Waals surface area contributed by atoms with Crippen molar-refractivity contribution >= 4 is 49.0 Å². The minimum absolute atomic E-state index is 0.880. The van der Waals surface area contributed by atoms with Crippen LogP contribution < -0.4 is 4.74 Å². The molecule has 3 aromatic heterocycles. The van der Waals surface area contributed by atoms with E-state index in [0.717, 1.165) is 11.3 Å². The van der Waals surface area contributed by atoms with E-state index in [9.17, 15) is 0 Å². The van der Waals surface area contributed by atoms with Gasteiger partial charge in [0.2, 0.25) is 0 Å². The van der Waals surface area contributed by atoms with Crippen LogP contribution in [0.5, 0.6) is 5.75 Å². The van der Waals surface area contributed by atoms with Gasteiger partial charge in [0.15, 0.2) is 0 Å². The lowest BCUT2D eigenvalue weighted by Crippen LogP contribution is -1.93. The Balaban J connectivity index is 2.06. The highest BCUT2D eigenvalue weighted by atomic mass is 16.5. The zero-order chi connectivity index (χ0) is 16.5. The molecule has 0 fully saturated rings. The van der Waals surface area contributed by atoms with Crippen molar-refractivity contribution in [3.05, 3.63) is 66.9 Å². The van der Waals surface area contributed by atoms with Crippen molar-refractivity contribution in [2.24, 2.45) is 0 Å². The van der Waals surface area contributed by atoms with Crippen molar-refractivity contribution < 1.29 is 4.74 Å². The highest BCUT2D eigenvalue weighted by molar-refractivity contribution is 6.25. The average molecular weight is 322 g/mol. The lowest BCUT2D eigenvalue weighted by molar-refractivity contribution is 0.415. The van der Waals surface area contributed by atoms with Gasteiger partial charge in [-0.2, -0.15) is 0 Å². The number of pyridine rings is 2. The first kappa shape index (κ1) is 13.0. The lowest BCUT2D eigenvalue weighted by Gasteiger charge is -2.11. The summed E-state index contributed by atoms with van der Waals surface area (Å²) >= 11 is 0. The van der Waals surface area contributed by atoms with Gasteiger partial charge in [-0.15, -0.1) is 0 Å². The maximum absolute atomic E-state index is 5.46. The summed E-state index contributed by atoms with van der Waals surface area (Å²) in [5.41, 5.74) is 4.69. The third kappa shape index (κ3) is 1.48. The van der Waals surface area contributed by atoms with Crippen molar-refractivity contribution in [3.8, 4) is 5.75 Å². The van der Waals surface area contributed by atoms with Crippen LogP contribution in [0, 0.1) is 0 Å². The number of nitrogens with zero attached hydrogens (tertiary/aromatic N) is 2. The fraction of sp³-hybridized carbons (Fsp3) is 0.0455. The van der Waals surface area contributed by atoms with Gasteiger partial charge in [0.1, 0.15) is 5.75 Å². The zero-order valence-electron chi connectivity index (χ0n) is 13.7. The molecule has 118 valence electrons. The summed E-state index contributed by atoms with van der Waals surface area (Å²) in [5, 5.41) is 6.08. The van der Waals surface area contributed by atoms with Crippen LogP contribution in [-0.2, 0) is 0 Å². The Kier molecular flexibility index (Phi) is 2.29. The van der Waals surface area contributed by atoms with Gasteiger partial charge in [0, 0.05) is 27.7 Å². The number of benzene rings is 3. The van der Waals surface area contributed by atoms with Gasteiger partial charge in [-0.1, -0.05) is 30.3 Å². The normalized spacial score (nSPS) is 12.2. The molecule has 3 nitrogen and oxygen atoms in total. The molecule has 6 aromatic rings. The maximum atomic E-state index is 5.46. The van der Waals surface area contributed by atoms with E-state index in [0.29, 0.717) is 0 Å². The minimum atomic E-state index is 0.880. The molecule has 6 rings (SSSR count). The summed E-state index contributed by atoms with van der Waals surface area (Å²) < 4.78 is 7.83. The molecule has 0 saturated carbocycles. The monoisotopic (exact) mass is 322 g/mol. The molecule has 0 aliphatic carbocycles. The quantitative estimate of drug-likeness (QED) is 0.299. The summed E-state index contributed by atoms with van der Waals surface area (Å²) in [6, 6.07) is 21.3. The molecule has 3 heteroatoms. The molecule has 0 amide bonds. The van der Waals surface area contributed by atoms with Crippen LogP contribution in [0.25, 0.3) is 49.0 Å². The van der Waals surface area contributed by atoms with E-state index < -0.39 is 0 Å². The number of hydrogen-bond acceptors (Lipinski definition) is 2. The van der Waals surface area contributed by atoms with Crippen LogP contribution in [0.4, 0.5) is 0 Å². The van der Waals surface area contributed by atoms with Gasteiger partial charge in [-0.25, -0.2) is 0 Å². The zero-order valence-corrected chi connectivity index (χ0v) is 13.7. The first-order valence-electron chi connectivity index (χ1n) is 8.36. The predicted molar refractivity (Wildman–Crippen MR) is 103 cm³/mol. The summed E-state index contributed by atoms with van der Waals surface area (Å²) in [6.45, 7) is 0. The highest BCUT2D eigenvalue weighted by Crippen LogP contribution is 2.40. The van der Waals surface area contributed by atoms with Crippen LogP contribution >= 0.6 is 0 Å². The van der Waals surface area contributed by atoms with E-state index in [1.165, 1.54) is 43.5 Å². The molecule has 25 heavy (non-hydrogen) atoms. The molecule has 3 heterocycles. The molecular weight excluding hydrogens is 308 g/mol. The number of para-hydroxylation sites is 1. The number of hydrogen-bond donors (Lipinski definition) is 0. The highest BCUT2D eigenvalue weighted by Gasteiger charge is 2.17. The Morgan fingerprint density at radius 3 is 2.64 bits per heavy atom. The van der Waals surface area contributed by atoms with Gasteiger partial charge in [0.05, 0.1) is 29.2 Å². The van der Waals surface area contributed by atoms with Crippen molar-refractivity contribution in [2.45, 2.75) is 0 Å². The predicted octanol–water partition coefficient (Wildman–Crippen LogP) is 5.39. The summed E-state index contributed by atoms with van der Waals surface area (Å²) in [5.74, 6) is 0.880. The fourth-order valence-corrected chi connectivity index (χ4v) is 4.22. The Hall–Kier alpha value is -3.33. The summed E-state index contributed by atoms with van der Waals surface area (Å²) in [7, 11) is 1.71.